The van der Waals surface area contributed by atoms with Crippen molar-refractivity contribution in [3.63, 3.8) is 0 Å². The lowest BCUT2D eigenvalue weighted by molar-refractivity contribution is 0.0725. The number of benzene rings is 1. The minimum absolute atomic E-state index is 0.166. The first-order valence-electron chi connectivity index (χ1n) is 9.18. The van der Waals surface area contributed by atoms with Crippen molar-refractivity contribution in [3.05, 3.63) is 51.4 Å². The van der Waals surface area contributed by atoms with Gasteiger partial charge >= 0.3 is 0 Å². The van der Waals surface area contributed by atoms with E-state index in [0.717, 1.165) is 30.4 Å². The number of hydrogen-bond acceptors (Lipinski definition) is 5. The van der Waals surface area contributed by atoms with Crippen molar-refractivity contribution in [1.29, 1.82) is 0 Å². The molecule has 7 nitrogen and oxygen atoms in total. The molecule has 3 rings (SSSR count). The highest BCUT2D eigenvalue weighted by Crippen LogP contribution is 2.33. The molecule has 0 saturated carbocycles. The number of methoxy groups -OCH3 is 2. The standard InChI is InChI=1S/C20H25N3O4/c1-4-5-9-23-19(24)7-6-16(21-23)20(25)22-10-8-14-11-17(26-2)18(27-3)12-15(14)13-22/h6-7,11-12H,4-5,8-10,13H2,1-3H3. The van der Waals surface area contributed by atoms with E-state index in [0.29, 0.717) is 36.8 Å². The molecule has 0 aliphatic carbocycles. The summed E-state index contributed by atoms with van der Waals surface area (Å²) in [6.45, 7) is 3.64. The Labute approximate surface area is 158 Å². The van der Waals surface area contributed by atoms with Crippen molar-refractivity contribution in [2.45, 2.75) is 39.3 Å². The number of carbonyl (C=O) groups is 1. The predicted octanol–water partition coefficient (Wildman–Crippen LogP) is 2.26. The Morgan fingerprint density at radius 1 is 1.15 bits per heavy atom. The first-order chi connectivity index (χ1) is 13.1. The van der Waals surface area contributed by atoms with E-state index in [1.165, 1.54) is 16.8 Å². The van der Waals surface area contributed by atoms with Gasteiger partial charge in [0.1, 0.15) is 5.69 Å². The number of hydrogen-bond donors (Lipinski definition) is 0. The number of aromatic nitrogens is 2. The first-order valence-corrected chi connectivity index (χ1v) is 9.18. The van der Waals surface area contributed by atoms with Crippen LogP contribution in [0.5, 0.6) is 11.5 Å². The van der Waals surface area contributed by atoms with Gasteiger partial charge in [0.2, 0.25) is 0 Å². The van der Waals surface area contributed by atoms with E-state index in [1.54, 1.807) is 19.1 Å². The minimum Gasteiger partial charge on any atom is -0.493 e. The summed E-state index contributed by atoms with van der Waals surface area (Å²) in [7, 11) is 3.21. The Balaban J connectivity index is 1.82. The monoisotopic (exact) mass is 371 g/mol. The van der Waals surface area contributed by atoms with Gasteiger partial charge in [0, 0.05) is 25.7 Å². The molecule has 0 atom stereocenters. The smallest absolute Gasteiger partial charge is 0.274 e. The lowest BCUT2D eigenvalue weighted by Crippen LogP contribution is -2.37. The van der Waals surface area contributed by atoms with E-state index in [9.17, 15) is 9.59 Å². The van der Waals surface area contributed by atoms with Crippen LogP contribution in [-0.2, 0) is 19.5 Å². The normalized spacial score (nSPS) is 13.2. The molecular formula is C20H25N3O4. The highest BCUT2D eigenvalue weighted by molar-refractivity contribution is 5.92. The van der Waals surface area contributed by atoms with E-state index in [4.69, 9.17) is 9.47 Å². The second-order valence-corrected chi connectivity index (χ2v) is 6.59. The van der Waals surface area contributed by atoms with Crippen LogP contribution < -0.4 is 15.0 Å². The van der Waals surface area contributed by atoms with Crippen LogP contribution in [0.3, 0.4) is 0 Å². The molecule has 144 valence electrons. The summed E-state index contributed by atoms with van der Waals surface area (Å²) >= 11 is 0. The number of rotatable bonds is 6. The minimum atomic E-state index is -0.180. The van der Waals surface area contributed by atoms with Crippen LogP contribution in [0, 0.1) is 0 Å². The molecule has 0 bridgehead atoms. The SMILES string of the molecule is CCCCn1nc(C(=O)N2CCc3cc(OC)c(OC)cc3C2)ccc1=O. The molecule has 0 spiro atoms. The molecular weight excluding hydrogens is 346 g/mol. The molecule has 0 unspecified atom stereocenters. The van der Waals surface area contributed by atoms with Crippen molar-refractivity contribution < 1.29 is 14.3 Å². The molecule has 27 heavy (non-hydrogen) atoms. The molecule has 0 saturated heterocycles. The Kier molecular flexibility index (Phi) is 5.78. The van der Waals surface area contributed by atoms with Gasteiger partial charge < -0.3 is 14.4 Å². The second-order valence-electron chi connectivity index (χ2n) is 6.59. The fraction of sp³-hybridized carbons (Fsp3) is 0.450. The molecule has 1 aromatic carbocycles. The number of fused-ring (bicyclic) bond motifs is 1. The quantitative estimate of drug-likeness (QED) is 0.779. The highest BCUT2D eigenvalue weighted by Gasteiger charge is 2.25. The summed E-state index contributed by atoms with van der Waals surface area (Å²) in [6.07, 6.45) is 2.54. The van der Waals surface area contributed by atoms with Crippen LogP contribution in [0.25, 0.3) is 0 Å². The molecule has 2 aromatic rings. The van der Waals surface area contributed by atoms with Gasteiger partial charge in [0.15, 0.2) is 11.5 Å². The van der Waals surface area contributed by atoms with Gasteiger partial charge in [-0.2, -0.15) is 5.10 Å². The van der Waals surface area contributed by atoms with Crippen molar-refractivity contribution in [2.75, 3.05) is 20.8 Å². The van der Waals surface area contributed by atoms with Gasteiger partial charge in [-0.15, -0.1) is 0 Å². The molecule has 1 amide bonds. The van der Waals surface area contributed by atoms with Crippen molar-refractivity contribution >= 4 is 5.91 Å². The molecule has 7 heteroatoms. The lowest BCUT2D eigenvalue weighted by Gasteiger charge is -2.29. The molecule has 2 heterocycles. The fourth-order valence-electron chi connectivity index (χ4n) is 3.25. The summed E-state index contributed by atoms with van der Waals surface area (Å²) in [5.74, 6) is 1.18. The molecule has 1 aromatic heterocycles. The zero-order valence-corrected chi connectivity index (χ0v) is 16.0. The van der Waals surface area contributed by atoms with Crippen molar-refractivity contribution in [1.82, 2.24) is 14.7 Å². The van der Waals surface area contributed by atoms with E-state index in [2.05, 4.69) is 12.0 Å². The van der Waals surface area contributed by atoms with Gasteiger partial charge in [0.25, 0.3) is 11.5 Å². The molecule has 0 fully saturated rings. The zero-order chi connectivity index (χ0) is 19.4. The zero-order valence-electron chi connectivity index (χ0n) is 16.0. The third-order valence-electron chi connectivity index (χ3n) is 4.81. The molecule has 0 N–H and O–H groups in total. The fourth-order valence-corrected chi connectivity index (χ4v) is 3.25. The van der Waals surface area contributed by atoms with Crippen molar-refractivity contribution in [2.24, 2.45) is 0 Å². The lowest BCUT2D eigenvalue weighted by atomic mass is 9.98. The topological polar surface area (TPSA) is 73.7 Å². The number of ether oxygens (including phenoxy) is 2. The van der Waals surface area contributed by atoms with E-state index >= 15 is 0 Å². The Bertz CT molecular complexity index is 891. The number of amides is 1. The first kappa shape index (κ1) is 18.9. The van der Waals surface area contributed by atoms with E-state index in [1.807, 2.05) is 12.1 Å². The number of aryl methyl sites for hydroxylation is 1. The maximum Gasteiger partial charge on any atom is 0.274 e. The summed E-state index contributed by atoms with van der Waals surface area (Å²) in [5, 5.41) is 4.27. The average Bonchev–Trinajstić information content (AvgIpc) is 2.71. The van der Waals surface area contributed by atoms with Gasteiger partial charge in [-0.3, -0.25) is 9.59 Å². The highest BCUT2D eigenvalue weighted by atomic mass is 16.5. The Morgan fingerprint density at radius 2 is 1.85 bits per heavy atom. The summed E-state index contributed by atoms with van der Waals surface area (Å²) in [5.41, 5.74) is 2.31. The second kappa shape index (κ2) is 8.24. The third kappa shape index (κ3) is 3.97. The van der Waals surface area contributed by atoms with Crippen LogP contribution in [-0.4, -0.2) is 41.4 Å². The van der Waals surface area contributed by atoms with Crippen molar-refractivity contribution in [3.8, 4) is 11.5 Å². The van der Waals surface area contributed by atoms with Gasteiger partial charge in [-0.25, -0.2) is 4.68 Å². The van der Waals surface area contributed by atoms with Gasteiger partial charge in [-0.05, 0) is 42.2 Å². The maximum atomic E-state index is 12.9. The largest absolute Gasteiger partial charge is 0.493 e. The molecule has 0 radical (unpaired) electrons. The van der Waals surface area contributed by atoms with Gasteiger partial charge in [-0.1, -0.05) is 13.3 Å². The summed E-state index contributed by atoms with van der Waals surface area (Å²) in [6, 6.07) is 6.82. The number of unbranched alkanes of at least 4 members (excludes halogenated alkanes) is 1. The summed E-state index contributed by atoms with van der Waals surface area (Å²) in [4.78, 5) is 26.6. The van der Waals surface area contributed by atoms with Crippen LogP contribution in [0.1, 0.15) is 41.4 Å². The number of carbonyl (C=O) groups excluding carboxylic acids is 1. The summed E-state index contributed by atoms with van der Waals surface area (Å²) < 4.78 is 12.1. The predicted molar refractivity (Wildman–Crippen MR) is 101 cm³/mol. The van der Waals surface area contributed by atoms with Crippen LogP contribution in [0.4, 0.5) is 0 Å². The molecule has 1 aliphatic heterocycles. The Hall–Kier alpha value is -2.83. The third-order valence-corrected chi connectivity index (χ3v) is 4.81. The van der Waals surface area contributed by atoms with Crippen LogP contribution in [0.15, 0.2) is 29.1 Å². The van der Waals surface area contributed by atoms with Crippen LogP contribution >= 0.6 is 0 Å². The Morgan fingerprint density at radius 3 is 2.52 bits per heavy atom. The van der Waals surface area contributed by atoms with Crippen LogP contribution in [0.2, 0.25) is 0 Å². The van der Waals surface area contributed by atoms with E-state index < -0.39 is 0 Å². The average molecular weight is 371 g/mol. The van der Waals surface area contributed by atoms with Gasteiger partial charge in [0.05, 0.1) is 14.2 Å². The maximum absolute atomic E-state index is 12.9. The molecule has 1 aliphatic rings. The van der Waals surface area contributed by atoms with E-state index in [-0.39, 0.29) is 11.5 Å². The number of nitrogens with zero attached hydrogens (tertiary/aromatic N) is 3.